The van der Waals surface area contributed by atoms with Crippen LogP contribution in [0, 0.1) is 6.92 Å². The van der Waals surface area contributed by atoms with Gasteiger partial charge in [0.15, 0.2) is 0 Å². The highest BCUT2D eigenvalue weighted by molar-refractivity contribution is 5.83. The number of fused-ring (bicyclic) bond motifs is 1. The van der Waals surface area contributed by atoms with E-state index >= 15 is 0 Å². The molecule has 0 bridgehead atoms. The normalized spacial score (nSPS) is 11.4. The lowest BCUT2D eigenvalue weighted by Crippen LogP contribution is -2.11. The van der Waals surface area contributed by atoms with Gasteiger partial charge in [-0.25, -0.2) is 0 Å². The molecule has 2 heteroatoms. The van der Waals surface area contributed by atoms with Crippen molar-refractivity contribution in [3.8, 4) is 0 Å². The van der Waals surface area contributed by atoms with Gasteiger partial charge in [0.05, 0.1) is 5.52 Å². The average molecular weight is 242 g/mol. The van der Waals surface area contributed by atoms with Gasteiger partial charge in [0.2, 0.25) is 0 Å². The maximum atomic E-state index is 4.73. The minimum absolute atomic E-state index is 0.567. The van der Waals surface area contributed by atoms with Crippen LogP contribution in [0.15, 0.2) is 24.3 Å². The maximum Gasteiger partial charge on any atom is 0.0708 e. The fourth-order valence-corrected chi connectivity index (χ4v) is 2.22. The van der Waals surface area contributed by atoms with Gasteiger partial charge in [0.25, 0.3) is 0 Å². The predicted molar refractivity (Wildman–Crippen MR) is 78.2 cm³/mol. The monoisotopic (exact) mass is 242 g/mol. The van der Waals surface area contributed by atoms with E-state index in [1.165, 1.54) is 22.2 Å². The highest BCUT2D eigenvalue weighted by atomic mass is 14.8. The second kappa shape index (κ2) is 5.49. The van der Waals surface area contributed by atoms with Crippen LogP contribution < -0.4 is 5.32 Å². The smallest absolute Gasteiger partial charge is 0.0708 e. The van der Waals surface area contributed by atoms with Crippen molar-refractivity contribution in [2.45, 2.75) is 33.1 Å². The van der Waals surface area contributed by atoms with Gasteiger partial charge in [0.1, 0.15) is 0 Å². The quantitative estimate of drug-likeness (QED) is 0.888. The van der Waals surface area contributed by atoms with Crippen molar-refractivity contribution < 1.29 is 0 Å². The molecule has 0 aliphatic heterocycles. The number of pyridine rings is 1. The molecule has 18 heavy (non-hydrogen) atoms. The zero-order chi connectivity index (χ0) is 13.1. The molecule has 0 aliphatic carbocycles. The van der Waals surface area contributed by atoms with E-state index in [-0.39, 0.29) is 0 Å². The Morgan fingerprint density at radius 1 is 1.22 bits per heavy atom. The van der Waals surface area contributed by atoms with Gasteiger partial charge in [-0.1, -0.05) is 19.9 Å². The summed E-state index contributed by atoms with van der Waals surface area (Å²) in [7, 11) is 1.98. The topological polar surface area (TPSA) is 24.9 Å². The predicted octanol–water partition coefficient (Wildman–Crippen LogP) is 3.43. The molecule has 96 valence electrons. The lowest BCUT2D eigenvalue weighted by atomic mass is 9.99. The molecule has 0 aliphatic rings. The molecule has 2 rings (SSSR count). The van der Waals surface area contributed by atoms with Crippen LogP contribution in [-0.2, 0) is 6.42 Å². The van der Waals surface area contributed by atoms with Crippen LogP contribution in [-0.4, -0.2) is 18.6 Å². The van der Waals surface area contributed by atoms with Gasteiger partial charge < -0.3 is 5.32 Å². The Bertz CT molecular complexity index is 544. The molecule has 0 amide bonds. The molecule has 0 radical (unpaired) electrons. The van der Waals surface area contributed by atoms with Crippen LogP contribution in [0.2, 0.25) is 0 Å². The van der Waals surface area contributed by atoms with E-state index < -0.39 is 0 Å². The minimum atomic E-state index is 0.567. The Hall–Kier alpha value is -1.41. The van der Waals surface area contributed by atoms with E-state index in [1.807, 2.05) is 7.05 Å². The molecule has 1 N–H and O–H groups in total. The largest absolute Gasteiger partial charge is 0.319 e. The Balaban J connectivity index is 2.45. The third-order valence-electron chi connectivity index (χ3n) is 3.39. The molecular weight excluding hydrogens is 220 g/mol. The summed E-state index contributed by atoms with van der Waals surface area (Å²) in [5, 5.41) is 4.45. The second-order valence-corrected chi connectivity index (χ2v) is 5.22. The maximum absolute atomic E-state index is 4.73. The average Bonchev–Trinajstić information content (AvgIpc) is 2.36. The first-order chi connectivity index (χ1) is 8.61. The van der Waals surface area contributed by atoms with Crippen molar-refractivity contribution >= 4 is 10.9 Å². The van der Waals surface area contributed by atoms with Crippen LogP contribution in [0.3, 0.4) is 0 Å². The molecule has 1 aromatic heterocycles. The van der Waals surface area contributed by atoms with Gasteiger partial charge >= 0.3 is 0 Å². The summed E-state index contributed by atoms with van der Waals surface area (Å²) in [5.74, 6) is 0.567. The number of benzene rings is 1. The van der Waals surface area contributed by atoms with Crippen molar-refractivity contribution in [3.05, 3.63) is 41.1 Å². The lowest BCUT2D eigenvalue weighted by Gasteiger charge is -2.10. The number of nitrogens with zero attached hydrogens (tertiary/aromatic N) is 1. The zero-order valence-corrected chi connectivity index (χ0v) is 11.7. The molecule has 0 atom stereocenters. The number of likely N-dealkylation sites (N-methyl/N-ethyl adjacent to an activating group) is 1. The molecule has 1 aromatic carbocycles. The summed E-state index contributed by atoms with van der Waals surface area (Å²) in [6, 6.07) is 8.84. The van der Waals surface area contributed by atoms with Gasteiger partial charge in [-0.15, -0.1) is 0 Å². The summed E-state index contributed by atoms with van der Waals surface area (Å²) in [6.45, 7) is 7.61. The summed E-state index contributed by atoms with van der Waals surface area (Å²) >= 11 is 0. The van der Waals surface area contributed by atoms with Crippen LogP contribution in [0.1, 0.15) is 36.6 Å². The van der Waals surface area contributed by atoms with E-state index in [4.69, 9.17) is 4.98 Å². The lowest BCUT2D eigenvalue weighted by molar-refractivity contribution is 0.778. The van der Waals surface area contributed by atoms with E-state index in [0.29, 0.717) is 5.92 Å². The first-order valence-electron chi connectivity index (χ1n) is 6.66. The Labute approximate surface area is 109 Å². The number of aromatic nitrogens is 1. The third kappa shape index (κ3) is 2.70. The summed E-state index contributed by atoms with van der Waals surface area (Å²) in [6.07, 6.45) is 0.985. The fourth-order valence-electron chi connectivity index (χ4n) is 2.22. The summed E-state index contributed by atoms with van der Waals surface area (Å²) < 4.78 is 0. The van der Waals surface area contributed by atoms with Crippen molar-refractivity contribution in [1.29, 1.82) is 0 Å². The van der Waals surface area contributed by atoms with Gasteiger partial charge in [-0.3, -0.25) is 4.98 Å². The SMILES string of the molecule is CNCCc1cc(C)c2cc(C(C)C)ccc2n1. The van der Waals surface area contributed by atoms with Crippen LogP contribution in [0.5, 0.6) is 0 Å². The molecule has 0 saturated heterocycles. The number of hydrogen-bond acceptors (Lipinski definition) is 2. The van der Waals surface area contributed by atoms with Gasteiger partial charge in [-0.05, 0) is 49.2 Å². The molecule has 2 aromatic rings. The van der Waals surface area contributed by atoms with Crippen LogP contribution in [0.4, 0.5) is 0 Å². The molecule has 1 heterocycles. The number of rotatable bonds is 4. The van der Waals surface area contributed by atoms with E-state index in [9.17, 15) is 0 Å². The molecule has 0 saturated carbocycles. The standard InChI is InChI=1S/C16H22N2/c1-11(2)13-5-6-16-15(10-13)12(3)9-14(18-16)7-8-17-4/h5-6,9-11,17H,7-8H2,1-4H3. The van der Waals surface area contributed by atoms with Gasteiger partial charge in [-0.2, -0.15) is 0 Å². The third-order valence-corrected chi connectivity index (χ3v) is 3.39. The number of nitrogens with one attached hydrogen (secondary N) is 1. The summed E-state index contributed by atoms with van der Waals surface area (Å²) in [4.78, 5) is 4.73. The van der Waals surface area contributed by atoms with E-state index in [0.717, 1.165) is 18.5 Å². The van der Waals surface area contributed by atoms with Crippen molar-refractivity contribution in [2.24, 2.45) is 0 Å². The Kier molecular flexibility index (Phi) is 3.97. The number of aryl methyl sites for hydroxylation is 1. The van der Waals surface area contributed by atoms with Crippen LogP contribution in [0.25, 0.3) is 10.9 Å². The highest BCUT2D eigenvalue weighted by Crippen LogP contribution is 2.23. The first kappa shape index (κ1) is 13.0. The van der Waals surface area contributed by atoms with E-state index in [2.05, 4.69) is 50.4 Å². The zero-order valence-electron chi connectivity index (χ0n) is 11.7. The molecule has 0 unspecified atom stereocenters. The molecule has 0 spiro atoms. The molecule has 0 fully saturated rings. The Morgan fingerprint density at radius 2 is 2.00 bits per heavy atom. The second-order valence-electron chi connectivity index (χ2n) is 5.22. The van der Waals surface area contributed by atoms with Crippen molar-refractivity contribution in [3.63, 3.8) is 0 Å². The molecular formula is C16H22N2. The van der Waals surface area contributed by atoms with Crippen molar-refractivity contribution in [1.82, 2.24) is 10.3 Å². The summed E-state index contributed by atoms with van der Waals surface area (Å²) in [5.41, 5.74) is 5.00. The van der Waals surface area contributed by atoms with Crippen molar-refractivity contribution in [2.75, 3.05) is 13.6 Å². The van der Waals surface area contributed by atoms with Gasteiger partial charge in [0, 0.05) is 24.0 Å². The Morgan fingerprint density at radius 3 is 2.67 bits per heavy atom. The number of hydrogen-bond donors (Lipinski definition) is 1. The van der Waals surface area contributed by atoms with Crippen LogP contribution >= 0.6 is 0 Å². The fraction of sp³-hybridized carbons (Fsp3) is 0.438. The highest BCUT2D eigenvalue weighted by Gasteiger charge is 2.05. The first-order valence-corrected chi connectivity index (χ1v) is 6.66. The minimum Gasteiger partial charge on any atom is -0.319 e. The van der Waals surface area contributed by atoms with E-state index in [1.54, 1.807) is 0 Å². The molecule has 2 nitrogen and oxygen atoms in total.